The first-order chi connectivity index (χ1) is 20.6. The third-order valence-electron chi connectivity index (χ3n) is 7.93. The number of rotatable bonds is 12. The third-order valence-corrected chi connectivity index (χ3v) is 7.93. The highest BCUT2D eigenvalue weighted by Crippen LogP contribution is 2.51. The van der Waals surface area contributed by atoms with Gasteiger partial charge in [0, 0.05) is 18.1 Å². The molecule has 4 aromatic rings. The van der Waals surface area contributed by atoms with Crippen LogP contribution in [0.1, 0.15) is 60.2 Å². The molecule has 9 heteroatoms. The molecule has 1 fully saturated rings. The van der Waals surface area contributed by atoms with Gasteiger partial charge < -0.3 is 18.7 Å². The number of halogens is 3. The van der Waals surface area contributed by atoms with Crippen molar-refractivity contribution in [2.75, 3.05) is 20.3 Å². The minimum Gasteiger partial charge on any atom is -0.466 e. The molecular weight excluding hydrogens is 559 g/mol. The van der Waals surface area contributed by atoms with Crippen LogP contribution in [0.3, 0.4) is 0 Å². The number of nitrogens with zero attached hydrogens (tertiary/aromatic N) is 1. The normalized spacial score (nSPS) is 14.8. The summed E-state index contributed by atoms with van der Waals surface area (Å²) in [5.74, 6) is 0.392. The number of hydrogen-bond donors (Lipinski definition) is 0. The summed E-state index contributed by atoms with van der Waals surface area (Å²) in [6.45, 7) is 4.12. The highest BCUT2D eigenvalue weighted by Gasteiger charge is 2.46. The zero-order valence-corrected chi connectivity index (χ0v) is 24.4. The number of methoxy groups -OCH3 is 1. The number of hydrogen-bond acceptors (Lipinski definition) is 6. The number of esters is 1. The van der Waals surface area contributed by atoms with Gasteiger partial charge >= 0.3 is 12.1 Å². The Hall–Kier alpha value is -3.95. The first-order valence-corrected chi connectivity index (χ1v) is 14.2. The first kappa shape index (κ1) is 30.5. The lowest BCUT2D eigenvalue weighted by molar-refractivity contribution is -0.143. The molecule has 1 aliphatic rings. The fourth-order valence-electron chi connectivity index (χ4n) is 5.39. The van der Waals surface area contributed by atoms with Crippen LogP contribution in [-0.4, -0.2) is 31.4 Å². The van der Waals surface area contributed by atoms with Crippen LogP contribution in [0.5, 0.6) is 0 Å². The van der Waals surface area contributed by atoms with E-state index in [1.165, 1.54) is 6.07 Å². The van der Waals surface area contributed by atoms with Crippen LogP contribution in [0.4, 0.5) is 13.2 Å². The maximum Gasteiger partial charge on any atom is 0.416 e. The van der Waals surface area contributed by atoms with E-state index < -0.39 is 17.8 Å². The Kier molecular flexibility index (Phi) is 9.03. The topological polar surface area (TPSA) is 70.8 Å². The van der Waals surface area contributed by atoms with Gasteiger partial charge in [0.1, 0.15) is 6.10 Å². The summed E-state index contributed by atoms with van der Waals surface area (Å²) in [6.07, 6.45) is -2.58. The van der Waals surface area contributed by atoms with Crippen LogP contribution < -0.4 is 0 Å². The van der Waals surface area contributed by atoms with Crippen molar-refractivity contribution in [1.82, 2.24) is 5.16 Å². The zero-order valence-electron chi connectivity index (χ0n) is 24.4. The van der Waals surface area contributed by atoms with E-state index in [4.69, 9.17) is 18.7 Å². The van der Waals surface area contributed by atoms with Gasteiger partial charge in [0.15, 0.2) is 5.76 Å². The van der Waals surface area contributed by atoms with Gasteiger partial charge in [-0.3, -0.25) is 4.79 Å². The van der Waals surface area contributed by atoms with E-state index in [1.807, 2.05) is 38.1 Å². The van der Waals surface area contributed by atoms with Crippen molar-refractivity contribution in [1.29, 1.82) is 0 Å². The molecule has 1 aliphatic carbocycles. The van der Waals surface area contributed by atoms with E-state index in [0.717, 1.165) is 52.8 Å². The summed E-state index contributed by atoms with van der Waals surface area (Å²) in [5, 5.41) is 4.15. The average molecular weight is 594 g/mol. The molecule has 1 unspecified atom stereocenters. The Morgan fingerprint density at radius 3 is 2.26 bits per heavy atom. The quantitative estimate of drug-likeness (QED) is 0.154. The van der Waals surface area contributed by atoms with Gasteiger partial charge in [-0.1, -0.05) is 65.8 Å². The number of carbonyl (C=O) groups excluding carboxylic acids is 1. The van der Waals surface area contributed by atoms with Gasteiger partial charge in [0.25, 0.3) is 0 Å². The number of aryl methyl sites for hydroxylation is 1. The molecule has 0 N–H and O–H groups in total. The van der Waals surface area contributed by atoms with E-state index in [1.54, 1.807) is 13.2 Å². The smallest absolute Gasteiger partial charge is 0.416 e. The van der Waals surface area contributed by atoms with E-state index in [0.29, 0.717) is 30.0 Å². The molecule has 0 bridgehead atoms. The molecule has 0 radical (unpaired) electrons. The second-order valence-electron chi connectivity index (χ2n) is 10.9. The lowest BCUT2D eigenvalue weighted by Crippen LogP contribution is -2.15. The fraction of sp³-hybridized carbons (Fsp3) is 0.353. The number of alkyl halides is 3. The molecule has 0 amide bonds. The zero-order chi connectivity index (χ0) is 30.6. The van der Waals surface area contributed by atoms with Crippen LogP contribution in [-0.2, 0) is 37.2 Å². The van der Waals surface area contributed by atoms with Crippen LogP contribution in [0.25, 0.3) is 22.5 Å². The van der Waals surface area contributed by atoms with E-state index >= 15 is 0 Å². The Morgan fingerprint density at radius 1 is 1.00 bits per heavy atom. The Balaban J connectivity index is 1.26. The number of ether oxygens (including phenoxy) is 3. The van der Waals surface area contributed by atoms with Crippen molar-refractivity contribution in [3.63, 3.8) is 0 Å². The highest BCUT2D eigenvalue weighted by atomic mass is 19.4. The molecule has 0 saturated heterocycles. The maximum absolute atomic E-state index is 13.1. The van der Waals surface area contributed by atoms with Crippen molar-refractivity contribution in [3.05, 3.63) is 101 Å². The molecule has 3 aromatic carbocycles. The monoisotopic (exact) mass is 593 g/mol. The molecule has 6 nitrogen and oxygen atoms in total. The molecule has 0 spiro atoms. The van der Waals surface area contributed by atoms with Gasteiger partial charge in [0.05, 0.1) is 43.1 Å². The van der Waals surface area contributed by atoms with E-state index in [2.05, 4.69) is 29.4 Å². The molecular formula is C34H34F3NO5. The summed E-state index contributed by atoms with van der Waals surface area (Å²) < 4.78 is 61.5. The molecule has 1 heterocycles. The second kappa shape index (κ2) is 12.7. The van der Waals surface area contributed by atoms with Crippen LogP contribution >= 0.6 is 0 Å². The third kappa shape index (κ3) is 7.00. The Labute approximate surface area is 248 Å². The summed E-state index contributed by atoms with van der Waals surface area (Å²) in [7, 11) is 1.54. The van der Waals surface area contributed by atoms with Crippen molar-refractivity contribution in [3.8, 4) is 22.5 Å². The summed E-state index contributed by atoms with van der Waals surface area (Å²) in [4.78, 5) is 12.1. The predicted molar refractivity (Wildman–Crippen MR) is 155 cm³/mol. The van der Waals surface area contributed by atoms with Gasteiger partial charge in [-0.15, -0.1) is 0 Å². The average Bonchev–Trinajstić information content (AvgIpc) is 3.68. The summed E-state index contributed by atoms with van der Waals surface area (Å²) >= 11 is 0. The van der Waals surface area contributed by atoms with Gasteiger partial charge in [0.2, 0.25) is 0 Å². The maximum atomic E-state index is 13.1. The van der Waals surface area contributed by atoms with Crippen molar-refractivity contribution >= 4 is 5.97 Å². The number of aromatic nitrogens is 1. The van der Waals surface area contributed by atoms with Crippen LogP contribution in [0.15, 0.2) is 77.3 Å². The molecule has 1 saturated carbocycles. The van der Waals surface area contributed by atoms with Crippen molar-refractivity contribution < 1.29 is 36.7 Å². The minimum atomic E-state index is -4.41. The number of benzene rings is 3. The second-order valence-corrected chi connectivity index (χ2v) is 10.9. The molecule has 226 valence electrons. The molecule has 5 rings (SSSR count). The Morgan fingerprint density at radius 2 is 1.65 bits per heavy atom. The van der Waals surface area contributed by atoms with Gasteiger partial charge in [-0.05, 0) is 61.1 Å². The largest absolute Gasteiger partial charge is 0.466 e. The predicted octanol–water partition coefficient (Wildman–Crippen LogP) is 8.22. The van der Waals surface area contributed by atoms with Crippen molar-refractivity contribution in [2.24, 2.45) is 0 Å². The summed E-state index contributed by atoms with van der Waals surface area (Å²) in [5.41, 5.74) is 5.00. The Bertz CT molecular complexity index is 1540. The SMILES string of the molecule is CCOC(=O)CC1(c2ccc(-c3ccc(-c4onc(C)c4C(COCc4cccc(C(F)(F)F)c4)OC)cc3)cc2)CC1. The first-order valence-electron chi connectivity index (χ1n) is 14.2. The lowest BCUT2D eigenvalue weighted by Gasteiger charge is -2.17. The minimum absolute atomic E-state index is 0.000866. The standard InChI is InChI=1S/C34H34F3NO5/c1-4-42-30(39)19-33(16-17-33)27-14-12-25(13-15-27)24-8-10-26(11-9-24)32-31(22(2)38-43-32)29(40-3)21-41-20-23-6-5-7-28(18-23)34(35,36)37/h5-15,18,29H,4,16-17,19-21H2,1-3H3. The highest BCUT2D eigenvalue weighted by molar-refractivity contribution is 5.73. The van der Waals surface area contributed by atoms with Gasteiger partial charge in [-0.25, -0.2) is 0 Å². The molecule has 1 atom stereocenters. The molecule has 1 aromatic heterocycles. The van der Waals surface area contributed by atoms with Crippen molar-refractivity contribution in [2.45, 2.75) is 57.4 Å². The van der Waals surface area contributed by atoms with Crippen LogP contribution in [0.2, 0.25) is 0 Å². The molecule has 43 heavy (non-hydrogen) atoms. The van der Waals surface area contributed by atoms with Gasteiger partial charge in [-0.2, -0.15) is 13.2 Å². The molecule has 0 aliphatic heterocycles. The number of carbonyl (C=O) groups is 1. The summed E-state index contributed by atoms with van der Waals surface area (Å²) in [6, 6.07) is 21.3. The van der Waals surface area contributed by atoms with E-state index in [-0.39, 0.29) is 24.6 Å². The van der Waals surface area contributed by atoms with Crippen LogP contribution in [0, 0.1) is 6.92 Å². The lowest BCUT2D eigenvalue weighted by atomic mass is 9.90. The van der Waals surface area contributed by atoms with E-state index in [9.17, 15) is 18.0 Å². The fourth-order valence-corrected chi connectivity index (χ4v) is 5.39.